The third-order valence-electron chi connectivity index (χ3n) is 2.90. The minimum atomic E-state index is -0.396. The number of hydrogen-bond acceptors (Lipinski definition) is 5. The zero-order valence-corrected chi connectivity index (χ0v) is 14.1. The molecule has 122 valence electrons. The van der Waals surface area contributed by atoms with Gasteiger partial charge in [0.15, 0.2) is 11.5 Å². The third kappa shape index (κ3) is 4.69. The third-order valence-corrected chi connectivity index (χ3v) is 2.90. The summed E-state index contributed by atoms with van der Waals surface area (Å²) < 4.78 is 21.1. The van der Waals surface area contributed by atoms with Crippen molar-refractivity contribution in [1.82, 2.24) is 0 Å². The molecule has 0 aromatic heterocycles. The Kier molecular flexibility index (Phi) is 5.85. The predicted octanol–water partition coefficient (Wildman–Crippen LogP) is 3.21. The van der Waals surface area contributed by atoms with E-state index in [2.05, 4.69) is 6.58 Å². The topological polar surface area (TPSA) is 54.0 Å². The van der Waals surface area contributed by atoms with Gasteiger partial charge in [-0.25, -0.2) is 0 Å². The molecular formula is C17H24O5. The molecule has 0 aliphatic carbocycles. The second-order valence-electron chi connectivity index (χ2n) is 5.75. The molecule has 0 heterocycles. The Bertz CT molecular complexity index is 555. The van der Waals surface area contributed by atoms with E-state index in [1.54, 1.807) is 26.4 Å². The standard InChI is InChI=1S/C17H24O5/c1-11(22-17(2,3)4)13-10-15(20-6)14(19-5)8-12(13)9-16(18)21-7/h8,10H,1,9H2,2-7H3. The molecule has 5 heteroatoms. The lowest BCUT2D eigenvalue weighted by Gasteiger charge is -2.24. The minimum Gasteiger partial charge on any atom is -0.493 e. The van der Waals surface area contributed by atoms with Crippen molar-refractivity contribution in [2.45, 2.75) is 32.8 Å². The van der Waals surface area contributed by atoms with E-state index in [1.165, 1.54) is 7.11 Å². The van der Waals surface area contributed by atoms with Crippen LogP contribution in [0.2, 0.25) is 0 Å². The molecule has 0 unspecified atom stereocenters. The largest absolute Gasteiger partial charge is 0.493 e. The molecule has 0 saturated carbocycles. The molecule has 0 saturated heterocycles. The fourth-order valence-corrected chi connectivity index (χ4v) is 1.98. The van der Waals surface area contributed by atoms with Crippen LogP contribution in [-0.2, 0) is 20.7 Å². The van der Waals surface area contributed by atoms with Gasteiger partial charge in [0.05, 0.1) is 27.8 Å². The van der Waals surface area contributed by atoms with Gasteiger partial charge in [-0.15, -0.1) is 0 Å². The first-order valence-corrected chi connectivity index (χ1v) is 6.91. The lowest BCUT2D eigenvalue weighted by Crippen LogP contribution is -2.18. The van der Waals surface area contributed by atoms with Crippen LogP contribution in [0, 0.1) is 0 Å². The minimum absolute atomic E-state index is 0.0959. The predicted molar refractivity (Wildman–Crippen MR) is 85.1 cm³/mol. The van der Waals surface area contributed by atoms with Crippen LogP contribution in [0.25, 0.3) is 5.76 Å². The Balaban J connectivity index is 3.31. The molecule has 5 nitrogen and oxygen atoms in total. The lowest BCUT2D eigenvalue weighted by atomic mass is 10.0. The van der Waals surface area contributed by atoms with Crippen molar-refractivity contribution < 1.29 is 23.7 Å². The summed E-state index contributed by atoms with van der Waals surface area (Å²) in [7, 11) is 4.44. The van der Waals surface area contributed by atoms with Crippen LogP contribution in [-0.4, -0.2) is 32.9 Å². The van der Waals surface area contributed by atoms with E-state index in [-0.39, 0.29) is 12.4 Å². The van der Waals surface area contributed by atoms with Gasteiger partial charge >= 0.3 is 5.97 Å². The van der Waals surface area contributed by atoms with E-state index in [0.29, 0.717) is 28.4 Å². The van der Waals surface area contributed by atoms with Crippen LogP contribution in [0.5, 0.6) is 11.5 Å². The van der Waals surface area contributed by atoms with E-state index in [1.807, 2.05) is 20.8 Å². The fraction of sp³-hybridized carbons (Fsp3) is 0.471. The van der Waals surface area contributed by atoms with Crippen molar-refractivity contribution in [1.29, 1.82) is 0 Å². The Morgan fingerprint density at radius 3 is 2.09 bits per heavy atom. The lowest BCUT2D eigenvalue weighted by molar-refractivity contribution is -0.139. The van der Waals surface area contributed by atoms with Crippen LogP contribution >= 0.6 is 0 Å². The highest BCUT2D eigenvalue weighted by Gasteiger charge is 2.20. The van der Waals surface area contributed by atoms with Crippen LogP contribution < -0.4 is 9.47 Å². The van der Waals surface area contributed by atoms with Gasteiger partial charge in [-0.3, -0.25) is 4.79 Å². The highest BCUT2D eigenvalue weighted by atomic mass is 16.5. The zero-order chi connectivity index (χ0) is 16.9. The number of rotatable bonds is 6. The highest BCUT2D eigenvalue weighted by Crippen LogP contribution is 2.35. The molecule has 0 bridgehead atoms. The van der Waals surface area contributed by atoms with Crippen molar-refractivity contribution in [3.63, 3.8) is 0 Å². The van der Waals surface area contributed by atoms with Gasteiger partial charge in [-0.2, -0.15) is 0 Å². The number of hydrogen-bond donors (Lipinski definition) is 0. The SMILES string of the molecule is C=C(OC(C)(C)C)c1cc(OC)c(OC)cc1CC(=O)OC. The Morgan fingerprint density at radius 2 is 1.64 bits per heavy atom. The molecule has 1 aromatic carbocycles. The van der Waals surface area contributed by atoms with Gasteiger partial charge in [0.25, 0.3) is 0 Å². The quantitative estimate of drug-likeness (QED) is 0.596. The summed E-state index contributed by atoms with van der Waals surface area (Å²) in [4.78, 5) is 11.6. The maximum atomic E-state index is 11.6. The van der Waals surface area contributed by atoms with Crippen LogP contribution in [0.1, 0.15) is 31.9 Å². The number of carbonyl (C=O) groups is 1. The number of ether oxygens (including phenoxy) is 4. The maximum absolute atomic E-state index is 11.6. The van der Waals surface area contributed by atoms with Crippen LogP contribution in [0.15, 0.2) is 18.7 Å². The van der Waals surface area contributed by atoms with Gasteiger partial charge in [0.1, 0.15) is 11.4 Å². The van der Waals surface area contributed by atoms with Gasteiger partial charge in [0.2, 0.25) is 0 Å². The Labute approximate surface area is 131 Å². The second-order valence-corrected chi connectivity index (χ2v) is 5.75. The smallest absolute Gasteiger partial charge is 0.310 e. The van der Waals surface area contributed by atoms with E-state index >= 15 is 0 Å². The summed E-state index contributed by atoms with van der Waals surface area (Å²) in [6, 6.07) is 3.49. The number of carbonyl (C=O) groups excluding carboxylic acids is 1. The molecule has 0 spiro atoms. The number of esters is 1. The van der Waals surface area contributed by atoms with E-state index in [4.69, 9.17) is 18.9 Å². The number of benzene rings is 1. The van der Waals surface area contributed by atoms with Crippen molar-refractivity contribution in [2.75, 3.05) is 21.3 Å². The van der Waals surface area contributed by atoms with Crippen molar-refractivity contribution in [3.05, 3.63) is 29.8 Å². The Morgan fingerprint density at radius 1 is 1.09 bits per heavy atom. The van der Waals surface area contributed by atoms with E-state index in [0.717, 1.165) is 0 Å². The molecular weight excluding hydrogens is 284 g/mol. The molecule has 0 aliphatic heterocycles. The van der Waals surface area contributed by atoms with Gasteiger partial charge in [0, 0.05) is 5.56 Å². The molecule has 22 heavy (non-hydrogen) atoms. The summed E-state index contributed by atoms with van der Waals surface area (Å²) >= 11 is 0. The van der Waals surface area contributed by atoms with Gasteiger partial charge < -0.3 is 18.9 Å². The monoisotopic (exact) mass is 308 g/mol. The second kappa shape index (κ2) is 7.20. The van der Waals surface area contributed by atoms with Crippen LogP contribution in [0.4, 0.5) is 0 Å². The average molecular weight is 308 g/mol. The average Bonchev–Trinajstić information content (AvgIpc) is 2.44. The molecule has 0 radical (unpaired) electrons. The molecule has 1 aromatic rings. The fourth-order valence-electron chi connectivity index (χ4n) is 1.98. The molecule has 0 amide bonds. The molecule has 0 aliphatic rings. The molecule has 0 atom stereocenters. The molecule has 0 N–H and O–H groups in total. The normalized spacial score (nSPS) is 10.8. The summed E-state index contributed by atoms with van der Waals surface area (Å²) in [5.41, 5.74) is 1.00. The summed E-state index contributed by atoms with van der Waals surface area (Å²) in [6.45, 7) is 9.75. The van der Waals surface area contributed by atoms with Crippen LogP contribution in [0.3, 0.4) is 0 Å². The first kappa shape index (κ1) is 17.9. The summed E-state index contributed by atoms with van der Waals surface area (Å²) in [5, 5.41) is 0. The van der Waals surface area contributed by atoms with Crippen molar-refractivity contribution in [3.8, 4) is 11.5 Å². The maximum Gasteiger partial charge on any atom is 0.310 e. The summed E-state index contributed by atoms with van der Waals surface area (Å²) in [5.74, 6) is 1.20. The summed E-state index contributed by atoms with van der Waals surface area (Å²) in [6.07, 6.45) is 0.0959. The first-order chi connectivity index (χ1) is 10.2. The van der Waals surface area contributed by atoms with Crippen molar-refractivity contribution >= 4 is 11.7 Å². The van der Waals surface area contributed by atoms with Crippen molar-refractivity contribution in [2.24, 2.45) is 0 Å². The van der Waals surface area contributed by atoms with Gasteiger partial charge in [-0.1, -0.05) is 6.58 Å². The van der Waals surface area contributed by atoms with Gasteiger partial charge in [-0.05, 0) is 38.5 Å². The molecule has 1 rings (SSSR count). The zero-order valence-electron chi connectivity index (χ0n) is 14.1. The van der Waals surface area contributed by atoms with E-state index in [9.17, 15) is 4.79 Å². The Hall–Kier alpha value is -2.17. The first-order valence-electron chi connectivity index (χ1n) is 6.91. The number of methoxy groups -OCH3 is 3. The molecule has 0 fully saturated rings. The highest BCUT2D eigenvalue weighted by molar-refractivity contribution is 5.77. The van der Waals surface area contributed by atoms with E-state index < -0.39 is 5.60 Å².